The Labute approximate surface area is 175 Å². The Balaban J connectivity index is 4.52. The van der Waals surface area contributed by atoms with Crippen molar-refractivity contribution in [2.45, 2.75) is 84.0 Å². The molecule has 0 aliphatic rings. The molecule has 0 aromatic rings. The summed E-state index contributed by atoms with van der Waals surface area (Å²) in [7, 11) is 0. The van der Waals surface area contributed by atoms with Gasteiger partial charge in [-0.05, 0) is 12.8 Å². The van der Waals surface area contributed by atoms with Crippen molar-refractivity contribution in [1.29, 1.82) is 0 Å². The van der Waals surface area contributed by atoms with E-state index in [0.29, 0.717) is 13.0 Å². The van der Waals surface area contributed by atoms with Crippen LogP contribution in [0.5, 0.6) is 0 Å². The molecule has 0 aliphatic carbocycles. The van der Waals surface area contributed by atoms with Gasteiger partial charge < -0.3 is 24.6 Å². The van der Waals surface area contributed by atoms with Crippen LogP contribution in [-0.4, -0.2) is 58.8 Å². The third-order valence-corrected chi connectivity index (χ3v) is 5.30. The van der Waals surface area contributed by atoms with Crippen LogP contribution >= 0.6 is 0 Å². The normalized spacial score (nSPS) is 11.8. The quantitative estimate of drug-likeness (QED) is 0.180. The summed E-state index contributed by atoms with van der Waals surface area (Å²) in [5.41, 5.74) is 0. The van der Waals surface area contributed by atoms with Crippen LogP contribution < -0.4 is 5.11 Å². The Morgan fingerprint density at radius 1 is 0.724 bits per heavy atom. The molecule has 0 aromatic heterocycles. The summed E-state index contributed by atoms with van der Waals surface area (Å²) >= 11 is 0. The predicted molar refractivity (Wildman–Crippen MR) is 110 cm³/mol. The topological polar surface area (TPSA) is 115 Å². The van der Waals surface area contributed by atoms with Gasteiger partial charge in [-0.25, -0.2) is 0 Å². The molecule has 2 N–H and O–H groups in total. The number of rotatable bonds is 20. The molecule has 7 nitrogen and oxygen atoms in total. The third-order valence-electron chi connectivity index (χ3n) is 5.30. The number of unbranched alkanes of at least 4 members (excludes halogenated alkanes) is 7. The highest BCUT2D eigenvalue weighted by atomic mass is 16.4. The molecule has 0 rings (SSSR count). The van der Waals surface area contributed by atoms with Gasteiger partial charge in [0.25, 0.3) is 0 Å². The highest BCUT2D eigenvalue weighted by molar-refractivity contribution is 5.67. The van der Waals surface area contributed by atoms with Crippen LogP contribution in [0.15, 0.2) is 12.2 Å². The Morgan fingerprint density at radius 2 is 1.21 bits per heavy atom. The lowest BCUT2D eigenvalue weighted by Gasteiger charge is -2.38. The minimum Gasteiger partial charge on any atom is -0.550 e. The van der Waals surface area contributed by atoms with Crippen molar-refractivity contribution in [3.63, 3.8) is 0 Å². The van der Waals surface area contributed by atoms with Crippen molar-refractivity contribution in [3.8, 4) is 0 Å². The number of carboxylic acids is 3. The zero-order chi connectivity index (χ0) is 22.0. The summed E-state index contributed by atoms with van der Waals surface area (Å²) in [6.07, 6.45) is 14.2. The van der Waals surface area contributed by atoms with Crippen molar-refractivity contribution in [3.05, 3.63) is 12.2 Å². The molecule has 0 saturated carbocycles. The predicted octanol–water partition coefficient (Wildman–Crippen LogP) is 2.98. The van der Waals surface area contributed by atoms with Crippen molar-refractivity contribution in [2.75, 3.05) is 26.2 Å². The van der Waals surface area contributed by atoms with Crippen LogP contribution in [0.4, 0.5) is 0 Å². The van der Waals surface area contributed by atoms with E-state index in [1.165, 1.54) is 38.5 Å². The fourth-order valence-electron chi connectivity index (χ4n) is 3.47. The summed E-state index contributed by atoms with van der Waals surface area (Å²) in [6, 6.07) is 0. The van der Waals surface area contributed by atoms with E-state index in [2.05, 4.69) is 13.0 Å². The molecular formula is C22H39NO6. The molecule has 0 heterocycles. The molecule has 0 saturated heterocycles. The molecule has 0 radical (unpaired) electrons. The van der Waals surface area contributed by atoms with Crippen molar-refractivity contribution in [2.24, 2.45) is 0 Å². The van der Waals surface area contributed by atoms with Gasteiger partial charge >= 0.3 is 11.9 Å². The minimum absolute atomic E-state index is 0.117. The maximum Gasteiger partial charge on any atom is 0.309 e. The van der Waals surface area contributed by atoms with E-state index in [4.69, 9.17) is 10.2 Å². The van der Waals surface area contributed by atoms with Gasteiger partial charge in [-0.15, -0.1) is 0 Å². The molecular weight excluding hydrogens is 374 g/mol. The maximum absolute atomic E-state index is 11.0. The van der Waals surface area contributed by atoms with Crippen LogP contribution in [0.2, 0.25) is 0 Å². The zero-order valence-electron chi connectivity index (χ0n) is 17.9. The lowest BCUT2D eigenvalue weighted by atomic mass is 10.1. The molecule has 0 spiro atoms. The molecule has 0 unspecified atom stereocenters. The molecule has 29 heavy (non-hydrogen) atoms. The number of allylic oxidation sites excluding steroid dienone is 1. The van der Waals surface area contributed by atoms with Crippen molar-refractivity contribution >= 4 is 17.9 Å². The first-order valence-electron chi connectivity index (χ1n) is 10.9. The average Bonchev–Trinajstić information content (AvgIpc) is 2.66. The van der Waals surface area contributed by atoms with Gasteiger partial charge in [-0.2, -0.15) is 0 Å². The van der Waals surface area contributed by atoms with Crippen LogP contribution in [0.3, 0.4) is 0 Å². The lowest BCUT2D eigenvalue weighted by molar-refractivity contribution is -0.926. The second-order valence-corrected chi connectivity index (χ2v) is 7.82. The zero-order valence-corrected chi connectivity index (χ0v) is 17.9. The molecule has 0 aromatic carbocycles. The average molecular weight is 414 g/mol. The largest absolute Gasteiger partial charge is 0.550 e. The monoisotopic (exact) mass is 413 g/mol. The summed E-state index contributed by atoms with van der Waals surface area (Å²) in [6.45, 7) is 3.37. The van der Waals surface area contributed by atoms with Gasteiger partial charge in [0.2, 0.25) is 0 Å². The van der Waals surface area contributed by atoms with E-state index in [1.807, 2.05) is 6.08 Å². The standard InChI is InChI=1S/C22H39NO6/c1-2-3-4-5-6-7-8-9-10-11-12-16-23(17-13-20(24)25,18-14-21(26)27)19-15-22(28)29/h10-11H,2-9,12-19H2,1H3,(H2-,24,25,26,27,28,29)/b11-10+. The fourth-order valence-corrected chi connectivity index (χ4v) is 3.47. The van der Waals surface area contributed by atoms with Crippen LogP contribution in [0, 0.1) is 0 Å². The van der Waals surface area contributed by atoms with Crippen LogP contribution in [-0.2, 0) is 14.4 Å². The number of hydrogen-bond acceptors (Lipinski definition) is 4. The van der Waals surface area contributed by atoms with E-state index in [9.17, 15) is 19.5 Å². The molecule has 0 fully saturated rings. The summed E-state index contributed by atoms with van der Waals surface area (Å²) in [5.74, 6) is -3.14. The highest BCUT2D eigenvalue weighted by Gasteiger charge is 2.28. The number of nitrogens with zero attached hydrogens (tertiary/aromatic N) is 1. The Morgan fingerprint density at radius 3 is 1.72 bits per heavy atom. The number of carbonyl (C=O) groups is 3. The number of aliphatic carboxylic acids is 3. The van der Waals surface area contributed by atoms with Gasteiger partial charge in [0.05, 0.1) is 39.0 Å². The van der Waals surface area contributed by atoms with Gasteiger partial charge in [0.1, 0.15) is 0 Å². The molecule has 7 heteroatoms. The second-order valence-electron chi connectivity index (χ2n) is 7.82. The van der Waals surface area contributed by atoms with Gasteiger partial charge in [0, 0.05) is 18.8 Å². The van der Waals surface area contributed by atoms with Gasteiger partial charge in [0.15, 0.2) is 0 Å². The van der Waals surface area contributed by atoms with E-state index < -0.39 is 17.9 Å². The maximum atomic E-state index is 11.0. The van der Waals surface area contributed by atoms with E-state index in [-0.39, 0.29) is 43.4 Å². The minimum atomic E-state index is -1.20. The van der Waals surface area contributed by atoms with Crippen molar-refractivity contribution in [1.82, 2.24) is 0 Å². The first-order valence-corrected chi connectivity index (χ1v) is 10.9. The molecule has 0 aliphatic heterocycles. The van der Waals surface area contributed by atoms with Crippen LogP contribution in [0.1, 0.15) is 84.0 Å². The highest BCUT2D eigenvalue weighted by Crippen LogP contribution is 2.14. The summed E-state index contributed by atoms with van der Waals surface area (Å²) in [4.78, 5) is 32.9. The van der Waals surface area contributed by atoms with Gasteiger partial charge in [-0.1, -0.05) is 57.6 Å². The van der Waals surface area contributed by atoms with E-state index in [1.54, 1.807) is 0 Å². The smallest absolute Gasteiger partial charge is 0.309 e. The number of carbonyl (C=O) groups excluding carboxylic acids is 1. The summed E-state index contributed by atoms with van der Waals surface area (Å²) in [5, 5.41) is 29.0. The SMILES string of the molecule is CCCCCCCCC/C=C/CC[N+](CCC(=O)[O-])(CCC(=O)O)CCC(=O)O. The molecule has 0 amide bonds. The molecule has 0 bridgehead atoms. The van der Waals surface area contributed by atoms with E-state index in [0.717, 1.165) is 12.8 Å². The fraction of sp³-hybridized carbons (Fsp3) is 0.773. The lowest BCUT2D eigenvalue weighted by Crippen LogP contribution is -2.52. The summed E-state index contributed by atoms with van der Waals surface area (Å²) < 4.78 is 0.175. The van der Waals surface area contributed by atoms with Crippen molar-refractivity contribution < 1.29 is 34.2 Å². The second kappa shape index (κ2) is 17.0. The molecule has 0 atom stereocenters. The number of hydrogen-bond donors (Lipinski definition) is 2. The Bertz CT molecular complexity index is 458. The molecule has 168 valence electrons. The Kier molecular flexibility index (Phi) is 15.9. The van der Waals surface area contributed by atoms with E-state index >= 15 is 0 Å². The number of quaternary nitrogens is 1. The Hall–Kier alpha value is -1.89. The first-order chi connectivity index (χ1) is 13.8. The van der Waals surface area contributed by atoms with Gasteiger partial charge in [-0.3, -0.25) is 9.59 Å². The van der Waals surface area contributed by atoms with Crippen LogP contribution in [0.25, 0.3) is 0 Å². The number of carboxylic acid groups (broad SMARTS) is 3. The first kappa shape index (κ1) is 27.1. The third kappa shape index (κ3) is 16.7.